The highest BCUT2D eigenvalue weighted by molar-refractivity contribution is 4.96. The molecular formula is C7H14O4. The zero-order valence-electron chi connectivity index (χ0n) is 6.27. The Labute approximate surface area is 65.1 Å². The first-order chi connectivity index (χ1) is 5.14. The predicted octanol–water partition coefficient (Wildman–Crippen LogP) is -1.53. The molecule has 1 rings (SSSR count). The van der Waals surface area contributed by atoms with Crippen molar-refractivity contribution in [1.82, 2.24) is 0 Å². The molecule has 1 aliphatic rings. The van der Waals surface area contributed by atoms with Gasteiger partial charge in [-0.15, -0.1) is 0 Å². The average molecular weight is 162 g/mol. The van der Waals surface area contributed by atoms with Gasteiger partial charge in [-0.1, -0.05) is 0 Å². The van der Waals surface area contributed by atoms with Gasteiger partial charge < -0.3 is 20.4 Å². The van der Waals surface area contributed by atoms with Crippen molar-refractivity contribution < 1.29 is 20.4 Å². The third-order valence-electron chi connectivity index (χ3n) is 2.45. The molecule has 1 saturated carbocycles. The lowest BCUT2D eigenvalue weighted by Gasteiger charge is -2.25. The van der Waals surface area contributed by atoms with Crippen LogP contribution < -0.4 is 0 Å². The van der Waals surface area contributed by atoms with E-state index in [1.54, 1.807) is 0 Å². The summed E-state index contributed by atoms with van der Waals surface area (Å²) in [5.41, 5.74) is -1.38. The molecule has 4 N–H and O–H groups in total. The van der Waals surface area contributed by atoms with Crippen molar-refractivity contribution >= 4 is 0 Å². The Morgan fingerprint density at radius 1 is 1.36 bits per heavy atom. The lowest BCUT2D eigenvalue weighted by Crippen LogP contribution is -2.44. The SMILES string of the molecule is OC[C@H]1CC[C@](O)(CO)[C@@H]1O. The monoisotopic (exact) mass is 162 g/mol. The Hall–Kier alpha value is -0.160. The Bertz CT molecular complexity index is 138. The fraction of sp³-hybridized carbons (Fsp3) is 1.00. The molecule has 1 fully saturated rings. The van der Waals surface area contributed by atoms with Gasteiger partial charge in [0.05, 0.1) is 12.7 Å². The largest absolute Gasteiger partial charge is 0.396 e. The van der Waals surface area contributed by atoms with Gasteiger partial charge in [-0.05, 0) is 12.8 Å². The average Bonchev–Trinajstić information content (AvgIpc) is 2.31. The van der Waals surface area contributed by atoms with Crippen LogP contribution in [0.5, 0.6) is 0 Å². The van der Waals surface area contributed by atoms with E-state index in [-0.39, 0.29) is 12.5 Å². The summed E-state index contributed by atoms with van der Waals surface area (Å²) >= 11 is 0. The first-order valence-corrected chi connectivity index (χ1v) is 3.76. The molecule has 0 aromatic rings. The minimum atomic E-state index is -1.38. The van der Waals surface area contributed by atoms with Crippen molar-refractivity contribution in [3.63, 3.8) is 0 Å². The lowest BCUT2D eigenvalue weighted by atomic mass is 9.98. The summed E-state index contributed by atoms with van der Waals surface area (Å²) in [4.78, 5) is 0. The Morgan fingerprint density at radius 2 is 2.00 bits per heavy atom. The molecule has 0 aromatic carbocycles. The van der Waals surface area contributed by atoms with Gasteiger partial charge in [0.1, 0.15) is 5.60 Å². The van der Waals surface area contributed by atoms with Crippen LogP contribution in [0.15, 0.2) is 0 Å². The summed E-state index contributed by atoms with van der Waals surface area (Å²) in [5, 5.41) is 36.2. The first kappa shape index (κ1) is 8.93. The smallest absolute Gasteiger partial charge is 0.114 e. The molecule has 0 saturated heterocycles. The molecule has 4 heteroatoms. The Morgan fingerprint density at radius 3 is 2.27 bits per heavy atom. The van der Waals surface area contributed by atoms with E-state index < -0.39 is 18.3 Å². The molecule has 0 aliphatic heterocycles. The van der Waals surface area contributed by atoms with Gasteiger partial charge in [0, 0.05) is 12.5 Å². The van der Waals surface area contributed by atoms with Gasteiger partial charge in [-0.3, -0.25) is 0 Å². The van der Waals surface area contributed by atoms with Crippen LogP contribution in [0.3, 0.4) is 0 Å². The van der Waals surface area contributed by atoms with Gasteiger partial charge in [-0.2, -0.15) is 0 Å². The van der Waals surface area contributed by atoms with Crippen LogP contribution in [0.4, 0.5) is 0 Å². The van der Waals surface area contributed by atoms with E-state index in [1.807, 2.05) is 0 Å². The second-order valence-corrected chi connectivity index (χ2v) is 3.19. The Balaban J connectivity index is 2.61. The molecule has 0 heterocycles. The third kappa shape index (κ3) is 1.39. The van der Waals surface area contributed by atoms with Crippen LogP contribution in [0.1, 0.15) is 12.8 Å². The quantitative estimate of drug-likeness (QED) is 0.397. The molecule has 1 aliphatic carbocycles. The number of rotatable bonds is 2. The molecule has 4 nitrogen and oxygen atoms in total. The zero-order chi connectivity index (χ0) is 8.48. The van der Waals surface area contributed by atoms with Crippen LogP contribution in [-0.4, -0.2) is 45.3 Å². The second-order valence-electron chi connectivity index (χ2n) is 3.19. The van der Waals surface area contributed by atoms with E-state index in [4.69, 9.17) is 10.2 Å². The van der Waals surface area contributed by atoms with Gasteiger partial charge in [0.2, 0.25) is 0 Å². The first-order valence-electron chi connectivity index (χ1n) is 3.76. The van der Waals surface area contributed by atoms with Gasteiger partial charge in [-0.25, -0.2) is 0 Å². The molecule has 0 amide bonds. The fourth-order valence-corrected chi connectivity index (χ4v) is 1.54. The highest BCUT2D eigenvalue weighted by Crippen LogP contribution is 2.34. The highest BCUT2D eigenvalue weighted by atomic mass is 16.4. The van der Waals surface area contributed by atoms with E-state index in [9.17, 15) is 10.2 Å². The van der Waals surface area contributed by atoms with E-state index >= 15 is 0 Å². The number of hydrogen-bond acceptors (Lipinski definition) is 4. The number of aliphatic hydroxyl groups excluding tert-OH is 3. The molecule has 0 aromatic heterocycles. The molecule has 0 spiro atoms. The topological polar surface area (TPSA) is 80.9 Å². The maximum absolute atomic E-state index is 9.46. The van der Waals surface area contributed by atoms with E-state index in [0.717, 1.165) is 0 Å². The van der Waals surface area contributed by atoms with Gasteiger partial charge in [0.15, 0.2) is 0 Å². The van der Waals surface area contributed by atoms with Crippen molar-refractivity contribution in [2.24, 2.45) is 5.92 Å². The maximum Gasteiger partial charge on any atom is 0.114 e. The zero-order valence-corrected chi connectivity index (χ0v) is 6.27. The standard InChI is InChI=1S/C7H14O4/c8-3-5-1-2-7(11,4-9)6(5)10/h5-6,8-11H,1-4H2/t5-,6-,7+/m1/s1. The maximum atomic E-state index is 9.46. The van der Waals surface area contributed by atoms with Crippen molar-refractivity contribution in [3.05, 3.63) is 0 Å². The van der Waals surface area contributed by atoms with E-state index in [2.05, 4.69) is 0 Å². The lowest BCUT2D eigenvalue weighted by molar-refractivity contribution is -0.101. The fourth-order valence-electron chi connectivity index (χ4n) is 1.54. The van der Waals surface area contributed by atoms with Gasteiger partial charge >= 0.3 is 0 Å². The van der Waals surface area contributed by atoms with Crippen molar-refractivity contribution in [2.75, 3.05) is 13.2 Å². The summed E-state index contributed by atoms with van der Waals surface area (Å²) in [6.07, 6.45) is -0.0672. The number of hydrogen-bond donors (Lipinski definition) is 4. The molecule has 11 heavy (non-hydrogen) atoms. The van der Waals surface area contributed by atoms with Crippen molar-refractivity contribution in [1.29, 1.82) is 0 Å². The minimum absolute atomic E-state index is 0.135. The molecule has 0 unspecified atom stereocenters. The normalized spacial score (nSPS) is 44.7. The van der Waals surface area contributed by atoms with E-state index in [0.29, 0.717) is 12.8 Å². The minimum Gasteiger partial charge on any atom is -0.396 e. The van der Waals surface area contributed by atoms with Gasteiger partial charge in [0.25, 0.3) is 0 Å². The second kappa shape index (κ2) is 3.06. The molecule has 0 radical (unpaired) electrons. The van der Waals surface area contributed by atoms with Crippen LogP contribution in [-0.2, 0) is 0 Å². The van der Waals surface area contributed by atoms with Crippen molar-refractivity contribution in [2.45, 2.75) is 24.5 Å². The Kier molecular flexibility index (Phi) is 2.49. The summed E-state index contributed by atoms with van der Waals surface area (Å²) in [7, 11) is 0. The van der Waals surface area contributed by atoms with Crippen LogP contribution in [0, 0.1) is 5.92 Å². The summed E-state index contributed by atoms with van der Waals surface area (Å²) < 4.78 is 0. The molecular weight excluding hydrogens is 148 g/mol. The van der Waals surface area contributed by atoms with Crippen LogP contribution in [0.2, 0.25) is 0 Å². The number of aliphatic hydroxyl groups is 4. The highest BCUT2D eigenvalue weighted by Gasteiger charge is 2.45. The van der Waals surface area contributed by atoms with Crippen LogP contribution >= 0.6 is 0 Å². The summed E-state index contributed by atoms with van der Waals surface area (Å²) in [6.45, 7) is -0.575. The van der Waals surface area contributed by atoms with Crippen LogP contribution in [0.25, 0.3) is 0 Å². The molecule has 66 valence electrons. The molecule has 0 bridgehead atoms. The summed E-state index contributed by atoms with van der Waals surface area (Å²) in [5.74, 6) is -0.285. The third-order valence-corrected chi connectivity index (χ3v) is 2.45. The molecule has 3 atom stereocenters. The predicted molar refractivity (Wildman–Crippen MR) is 37.9 cm³/mol. The van der Waals surface area contributed by atoms with Crippen molar-refractivity contribution in [3.8, 4) is 0 Å². The summed E-state index contributed by atoms with van der Waals surface area (Å²) in [6, 6.07) is 0. The van der Waals surface area contributed by atoms with E-state index in [1.165, 1.54) is 0 Å².